The van der Waals surface area contributed by atoms with E-state index in [-0.39, 0.29) is 18.4 Å². The van der Waals surface area contributed by atoms with Crippen LogP contribution in [0.2, 0.25) is 0 Å². The van der Waals surface area contributed by atoms with Crippen molar-refractivity contribution in [2.75, 3.05) is 19.8 Å². The zero-order valence-electron chi connectivity index (χ0n) is 15.0. The Balaban J connectivity index is 2.11. The maximum atomic E-state index is 12.7. The molecule has 1 aromatic heterocycles. The summed E-state index contributed by atoms with van der Waals surface area (Å²) in [6.45, 7) is 7.82. The Morgan fingerprint density at radius 1 is 1.35 bits per heavy atom. The van der Waals surface area contributed by atoms with Gasteiger partial charge in [0.1, 0.15) is 0 Å². The smallest absolute Gasteiger partial charge is 0.178 e. The van der Waals surface area contributed by atoms with Crippen molar-refractivity contribution in [3.63, 3.8) is 0 Å². The topological polar surface area (TPSA) is 59.4 Å². The highest BCUT2D eigenvalue weighted by Crippen LogP contribution is 2.38. The van der Waals surface area contributed by atoms with Crippen LogP contribution in [-0.4, -0.2) is 54.8 Å². The number of rotatable bonds is 7. The van der Waals surface area contributed by atoms with Gasteiger partial charge in [0.2, 0.25) is 0 Å². The predicted molar refractivity (Wildman–Crippen MR) is 92.9 cm³/mol. The Labute approximate surface area is 139 Å². The van der Waals surface area contributed by atoms with Gasteiger partial charge in [0.15, 0.2) is 15.6 Å². The van der Waals surface area contributed by atoms with E-state index in [2.05, 4.69) is 4.57 Å². The van der Waals surface area contributed by atoms with Gasteiger partial charge in [-0.15, -0.1) is 0 Å². The van der Waals surface area contributed by atoms with Crippen LogP contribution in [-0.2, 0) is 9.84 Å². The number of Topliss-reactive ketones (excluding diaryl/α,β-unsaturated/α-hetero) is 1. The maximum Gasteiger partial charge on any atom is 0.178 e. The quantitative estimate of drug-likeness (QED) is 0.715. The van der Waals surface area contributed by atoms with E-state index in [4.69, 9.17) is 0 Å². The average Bonchev–Trinajstić information content (AvgIpc) is 3.22. The van der Waals surface area contributed by atoms with Gasteiger partial charge in [-0.05, 0) is 53.7 Å². The number of carbonyl (C=O) groups excluding carboxylic acids is 1. The minimum Gasteiger partial charge on any atom is -0.345 e. The molecule has 2 atom stereocenters. The highest BCUT2D eigenvalue weighted by atomic mass is 32.2. The molecule has 1 heterocycles. The van der Waals surface area contributed by atoms with Gasteiger partial charge in [0.25, 0.3) is 0 Å². The first-order valence-corrected chi connectivity index (χ1v) is 10.1. The lowest BCUT2D eigenvalue weighted by Crippen LogP contribution is -2.43. The van der Waals surface area contributed by atoms with Crippen molar-refractivity contribution in [1.29, 1.82) is 0 Å². The van der Waals surface area contributed by atoms with Crippen LogP contribution in [0.15, 0.2) is 6.07 Å². The molecule has 2 unspecified atom stereocenters. The van der Waals surface area contributed by atoms with E-state index in [9.17, 15) is 13.2 Å². The fraction of sp³-hybridized carbons (Fsp3) is 0.706. The van der Waals surface area contributed by atoms with Gasteiger partial charge in [-0.3, -0.25) is 9.69 Å². The Hall–Kier alpha value is -1.14. The van der Waals surface area contributed by atoms with Crippen molar-refractivity contribution >= 4 is 15.6 Å². The fourth-order valence-electron chi connectivity index (χ4n) is 3.13. The Kier molecular flexibility index (Phi) is 5.06. The minimum atomic E-state index is -3.12. The van der Waals surface area contributed by atoms with E-state index < -0.39 is 15.1 Å². The second-order valence-electron chi connectivity index (χ2n) is 7.00. The molecule has 23 heavy (non-hydrogen) atoms. The number of hydrogen-bond acceptors (Lipinski definition) is 4. The molecule has 1 saturated carbocycles. The molecule has 6 heteroatoms. The second-order valence-corrected chi connectivity index (χ2v) is 9.40. The predicted octanol–water partition coefficient (Wildman–Crippen LogP) is 2.38. The summed E-state index contributed by atoms with van der Waals surface area (Å²) < 4.78 is 25.7. The highest BCUT2D eigenvalue weighted by Gasteiger charge is 2.30. The largest absolute Gasteiger partial charge is 0.345 e. The van der Waals surface area contributed by atoms with E-state index in [1.54, 1.807) is 6.92 Å². The maximum absolute atomic E-state index is 12.7. The zero-order chi connectivity index (χ0) is 17.5. The SMILES string of the molecule is Cc1cc(C(=O)CN(C)C(C)C(C)S(C)(=O)=O)c(C)n1C1CC1. The standard InChI is InChI=1S/C17H28N2O3S/c1-11-9-16(13(3)19(11)15-7-8-15)17(20)10-18(5)12(2)14(4)23(6,21)22/h9,12,14-15H,7-8,10H2,1-6H3. The molecule has 5 nitrogen and oxygen atoms in total. The molecule has 130 valence electrons. The number of nitrogens with zero attached hydrogens (tertiary/aromatic N) is 2. The molecule has 0 saturated heterocycles. The van der Waals surface area contributed by atoms with Crippen molar-refractivity contribution in [1.82, 2.24) is 9.47 Å². The first-order valence-electron chi connectivity index (χ1n) is 8.14. The van der Waals surface area contributed by atoms with Crippen LogP contribution < -0.4 is 0 Å². The molecule has 0 spiro atoms. The van der Waals surface area contributed by atoms with Crippen molar-refractivity contribution in [2.24, 2.45) is 0 Å². The van der Waals surface area contributed by atoms with Gasteiger partial charge in [0, 0.05) is 35.3 Å². The molecule has 0 aliphatic heterocycles. The monoisotopic (exact) mass is 340 g/mol. The van der Waals surface area contributed by atoms with Crippen LogP contribution in [0.25, 0.3) is 0 Å². The van der Waals surface area contributed by atoms with E-state index in [1.807, 2.05) is 38.8 Å². The summed E-state index contributed by atoms with van der Waals surface area (Å²) in [5.41, 5.74) is 2.93. The molecular weight excluding hydrogens is 312 g/mol. The van der Waals surface area contributed by atoms with Gasteiger partial charge in [-0.1, -0.05) is 0 Å². The number of hydrogen-bond donors (Lipinski definition) is 0. The second kappa shape index (κ2) is 6.40. The molecule has 0 aromatic carbocycles. The van der Waals surface area contributed by atoms with Gasteiger partial charge in [-0.25, -0.2) is 8.42 Å². The van der Waals surface area contributed by atoms with Crippen LogP contribution >= 0.6 is 0 Å². The van der Waals surface area contributed by atoms with E-state index in [0.717, 1.165) is 17.0 Å². The zero-order valence-corrected chi connectivity index (χ0v) is 15.8. The summed E-state index contributed by atoms with van der Waals surface area (Å²) in [6, 6.07) is 2.31. The van der Waals surface area contributed by atoms with Gasteiger partial charge >= 0.3 is 0 Å². The van der Waals surface area contributed by atoms with Crippen LogP contribution in [0.1, 0.15) is 54.5 Å². The lowest BCUT2D eigenvalue weighted by atomic mass is 10.1. The average molecular weight is 340 g/mol. The molecule has 0 N–H and O–H groups in total. The lowest BCUT2D eigenvalue weighted by molar-refractivity contribution is 0.0923. The number of aromatic nitrogens is 1. The van der Waals surface area contributed by atoms with Crippen molar-refractivity contribution in [3.05, 3.63) is 23.0 Å². The first-order chi connectivity index (χ1) is 10.5. The molecule has 0 radical (unpaired) electrons. The summed E-state index contributed by atoms with van der Waals surface area (Å²) in [4.78, 5) is 14.5. The van der Waals surface area contributed by atoms with Gasteiger partial charge in [0.05, 0.1) is 11.8 Å². The van der Waals surface area contributed by atoms with Crippen LogP contribution in [0.4, 0.5) is 0 Å². The third kappa shape index (κ3) is 3.86. The molecule has 1 aliphatic rings. The van der Waals surface area contributed by atoms with Crippen LogP contribution in [0.5, 0.6) is 0 Å². The third-order valence-corrected chi connectivity index (χ3v) is 6.88. The number of carbonyl (C=O) groups is 1. The Morgan fingerprint density at radius 2 is 1.91 bits per heavy atom. The highest BCUT2D eigenvalue weighted by molar-refractivity contribution is 7.91. The molecular formula is C17H28N2O3S. The molecule has 1 aliphatic carbocycles. The van der Waals surface area contributed by atoms with E-state index in [0.29, 0.717) is 6.04 Å². The summed E-state index contributed by atoms with van der Waals surface area (Å²) in [5, 5.41) is -0.501. The van der Waals surface area contributed by atoms with Crippen LogP contribution in [0.3, 0.4) is 0 Å². The van der Waals surface area contributed by atoms with Crippen molar-refractivity contribution in [3.8, 4) is 0 Å². The fourth-order valence-corrected chi connectivity index (χ4v) is 4.05. The molecule has 1 fully saturated rings. The van der Waals surface area contributed by atoms with E-state index >= 15 is 0 Å². The first kappa shape index (κ1) is 18.2. The summed E-state index contributed by atoms with van der Waals surface area (Å²) in [7, 11) is -1.31. The van der Waals surface area contributed by atoms with Crippen molar-refractivity contribution < 1.29 is 13.2 Å². The number of sulfone groups is 1. The Bertz CT molecular complexity index is 702. The number of ketones is 1. The molecule has 0 amide bonds. The van der Waals surface area contributed by atoms with Gasteiger partial charge < -0.3 is 4.57 Å². The normalized spacial score (nSPS) is 18.2. The molecule has 1 aromatic rings. The lowest BCUT2D eigenvalue weighted by Gasteiger charge is -2.28. The number of likely N-dealkylation sites (N-methyl/N-ethyl adjacent to an activating group) is 1. The number of aryl methyl sites for hydroxylation is 1. The van der Waals surface area contributed by atoms with Gasteiger partial charge in [-0.2, -0.15) is 0 Å². The summed E-state index contributed by atoms with van der Waals surface area (Å²) >= 11 is 0. The molecule has 2 rings (SSSR count). The molecule has 0 bridgehead atoms. The van der Waals surface area contributed by atoms with E-state index in [1.165, 1.54) is 19.1 Å². The Morgan fingerprint density at radius 3 is 2.39 bits per heavy atom. The summed E-state index contributed by atoms with van der Waals surface area (Å²) in [6.07, 6.45) is 3.62. The summed E-state index contributed by atoms with van der Waals surface area (Å²) in [5.74, 6) is 0.0556. The van der Waals surface area contributed by atoms with Crippen molar-refractivity contribution in [2.45, 2.75) is 57.9 Å². The van der Waals surface area contributed by atoms with Crippen LogP contribution in [0, 0.1) is 13.8 Å². The third-order valence-electron chi connectivity index (χ3n) is 5.14. The minimum absolute atomic E-state index is 0.0556.